The van der Waals surface area contributed by atoms with E-state index in [4.69, 9.17) is 0 Å². The van der Waals surface area contributed by atoms with Crippen molar-refractivity contribution in [1.82, 2.24) is 0 Å². The summed E-state index contributed by atoms with van der Waals surface area (Å²) in [5, 5.41) is 0. The molecule has 1 radical (unpaired) electrons. The minimum absolute atomic E-state index is 0.0251. The summed E-state index contributed by atoms with van der Waals surface area (Å²) in [5.41, 5.74) is 4.34. The molecule has 0 amide bonds. The Bertz CT molecular complexity index is 134. The zero-order valence-electron chi connectivity index (χ0n) is 6.78. The predicted octanol–water partition coefficient (Wildman–Crippen LogP) is 2.97. The van der Waals surface area contributed by atoms with E-state index < -0.39 is 0 Å². The third-order valence-electron chi connectivity index (χ3n) is 0.752. The maximum Gasteiger partial charge on any atom is -0.00987 e. The highest BCUT2D eigenvalue weighted by Crippen LogP contribution is 2.12. The second-order valence-corrected chi connectivity index (χ2v) is 3.28. The number of rotatable bonds is 1. The Morgan fingerprint density at radius 3 is 2.00 bits per heavy atom. The SMILES string of the molecule is [CH2]C(C)(C)C=C=C(C)C. The Balaban J connectivity index is 4.17. The Hall–Kier alpha value is -0.480. The molecule has 0 aliphatic rings. The summed E-state index contributed by atoms with van der Waals surface area (Å²) >= 11 is 0. The molecule has 0 bridgehead atoms. The first-order valence-corrected chi connectivity index (χ1v) is 3.18. The van der Waals surface area contributed by atoms with Gasteiger partial charge in [-0.25, -0.2) is 0 Å². The molecule has 0 rings (SSSR count). The van der Waals surface area contributed by atoms with Gasteiger partial charge < -0.3 is 0 Å². The van der Waals surface area contributed by atoms with Crippen LogP contribution >= 0.6 is 0 Å². The third-order valence-corrected chi connectivity index (χ3v) is 0.752. The largest absolute Gasteiger partial charge is 0.126 e. The van der Waals surface area contributed by atoms with E-state index in [1.165, 1.54) is 5.57 Å². The lowest BCUT2D eigenvalue weighted by Gasteiger charge is -2.08. The van der Waals surface area contributed by atoms with Crippen LogP contribution in [0.4, 0.5) is 0 Å². The highest BCUT2D eigenvalue weighted by molar-refractivity contribution is 5.01. The van der Waals surface area contributed by atoms with Crippen LogP contribution in [0.1, 0.15) is 27.7 Å². The lowest BCUT2D eigenvalue weighted by atomic mass is 9.97. The molecule has 0 N–H and O–H groups in total. The molecule has 0 aliphatic heterocycles. The van der Waals surface area contributed by atoms with Crippen LogP contribution in [-0.4, -0.2) is 0 Å². The molecule has 0 spiro atoms. The summed E-state index contributed by atoms with van der Waals surface area (Å²) in [5.74, 6) is 0. The van der Waals surface area contributed by atoms with Gasteiger partial charge in [-0.2, -0.15) is 0 Å². The van der Waals surface area contributed by atoms with Crippen molar-refractivity contribution >= 4 is 0 Å². The smallest absolute Gasteiger partial charge is 0.00987 e. The van der Waals surface area contributed by atoms with E-state index in [9.17, 15) is 0 Å². The van der Waals surface area contributed by atoms with Gasteiger partial charge in [-0.3, -0.25) is 0 Å². The Morgan fingerprint density at radius 1 is 1.44 bits per heavy atom. The summed E-state index contributed by atoms with van der Waals surface area (Å²) in [6, 6.07) is 0. The van der Waals surface area contributed by atoms with Crippen LogP contribution in [0.2, 0.25) is 0 Å². The summed E-state index contributed by atoms with van der Waals surface area (Å²) in [6.07, 6.45) is 1.99. The Kier molecular flexibility index (Phi) is 2.73. The highest BCUT2D eigenvalue weighted by atomic mass is 14.1. The fourth-order valence-corrected chi connectivity index (χ4v) is 0.340. The first kappa shape index (κ1) is 8.52. The van der Waals surface area contributed by atoms with Crippen molar-refractivity contribution < 1.29 is 0 Å². The lowest BCUT2D eigenvalue weighted by Crippen LogP contribution is -1.97. The molecular formula is C9H15. The molecule has 0 heteroatoms. The molecule has 9 heavy (non-hydrogen) atoms. The Morgan fingerprint density at radius 2 is 1.89 bits per heavy atom. The fraction of sp³-hybridized carbons (Fsp3) is 0.556. The van der Waals surface area contributed by atoms with Crippen LogP contribution in [0.25, 0.3) is 0 Å². The van der Waals surface area contributed by atoms with Crippen LogP contribution in [0.5, 0.6) is 0 Å². The molecule has 0 aliphatic carbocycles. The number of hydrogen-bond donors (Lipinski definition) is 0. The van der Waals surface area contributed by atoms with Gasteiger partial charge in [0.2, 0.25) is 0 Å². The molecule has 0 saturated carbocycles. The zero-order valence-corrected chi connectivity index (χ0v) is 6.78. The van der Waals surface area contributed by atoms with Crippen molar-refractivity contribution in [3.63, 3.8) is 0 Å². The second-order valence-electron chi connectivity index (χ2n) is 3.28. The molecule has 0 fully saturated rings. The maximum atomic E-state index is 3.91. The number of hydrogen-bond acceptors (Lipinski definition) is 0. The maximum absolute atomic E-state index is 3.91. The molecule has 0 aromatic rings. The first-order valence-electron chi connectivity index (χ1n) is 3.18. The average Bonchev–Trinajstić information content (AvgIpc) is 1.59. The second kappa shape index (κ2) is 2.89. The van der Waals surface area contributed by atoms with Crippen molar-refractivity contribution in [2.45, 2.75) is 27.7 Å². The first-order chi connectivity index (χ1) is 3.92. The van der Waals surface area contributed by atoms with E-state index in [1.807, 2.05) is 19.9 Å². The topological polar surface area (TPSA) is 0 Å². The van der Waals surface area contributed by atoms with E-state index in [1.54, 1.807) is 0 Å². The molecule has 0 heterocycles. The summed E-state index contributed by atoms with van der Waals surface area (Å²) < 4.78 is 0. The molecule has 0 saturated heterocycles. The molecule has 0 aromatic heterocycles. The summed E-state index contributed by atoms with van der Waals surface area (Å²) in [6.45, 7) is 12.1. The lowest BCUT2D eigenvalue weighted by molar-refractivity contribution is 0.621. The monoisotopic (exact) mass is 123 g/mol. The quantitative estimate of drug-likeness (QED) is 0.470. The van der Waals surface area contributed by atoms with Crippen molar-refractivity contribution in [3.8, 4) is 0 Å². The van der Waals surface area contributed by atoms with Gasteiger partial charge in [0.05, 0.1) is 0 Å². The van der Waals surface area contributed by atoms with Gasteiger partial charge in [0.1, 0.15) is 0 Å². The minimum atomic E-state index is 0.0251. The van der Waals surface area contributed by atoms with Crippen molar-refractivity contribution in [1.29, 1.82) is 0 Å². The van der Waals surface area contributed by atoms with Gasteiger partial charge in [0.25, 0.3) is 0 Å². The molecular weight excluding hydrogens is 108 g/mol. The predicted molar refractivity (Wildman–Crippen MR) is 42.1 cm³/mol. The van der Waals surface area contributed by atoms with Crippen LogP contribution < -0.4 is 0 Å². The van der Waals surface area contributed by atoms with Gasteiger partial charge in [0.15, 0.2) is 0 Å². The molecule has 0 aromatic carbocycles. The van der Waals surface area contributed by atoms with Crippen LogP contribution in [0, 0.1) is 12.3 Å². The van der Waals surface area contributed by atoms with Crippen molar-refractivity contribution in [2.24, 2.45) is 5.41 Å². The van der Waals surface area contributed by atoms with Gasteiger partial charge in [0, 0.05) is 0 Å². The van der Waals surface area contributed by atoms with Gasteiger partial charge in [-0.15, -0.1) is 5.73 Å². The molecule has 51 valence electrons. The molecule has 0 nitrogen and oxygen atoms in total. The summed E-state index contributed by atoms with van der Waals surface area (Å²) in [4.78, 5) is 0. The van der Waals surface area contributed by atoms with Crippen LogP contribution in [0.15, 0.2) is 17.4 Å². The average molecular weight is 123 g/mol. The van der Waals surface area contributed by atoms with Crippen molar-refractivity contribution in [3.05, 3.63) is 24.3 Å². The van der Waals surface area contributed by atoms with E-state index in [0.29, 0.717) is 0 Å². The van der Waals surface area contributed by atoms with E-state index in [2.05, 4.69) is 26.5 Å². The fourth-order valence-electron chi connectivity index (χ4n) is 0.340. The zero-order chi connectivity index (χ0) is 7.49. The van der Waals surface area contributed by atoms with E-state index >= 15 is 0 Å². The van der Waals surface area contributed by atoms with Crippen LogP contribution in [-0.2, 0) is 0 Å². The van der Waals surface area contributed by atoms with Crippen LogP contribution in [0.3, 0.4) is 0 Å². The Labute approximate surface area is 58.3 Å². The normalized spacial score (nSPS) is 10.3. The van der Waals surface area contributed by atoms with Gasteiger partial charge >= 0.3 is 0 Å². The van der Waals surface area contributed by atoms with E-state index in [-0.39, 0.29) is 5.41 Å². The summed E-state index contributed by atoms with van der Waals surface area (Å²) in [7, 11) is 0. The van der Waals surface area contributed by atoms with Gasteiger partial charge in [-0.1, -0.05) is 13.8 Å². The number of allylic oxidation sites excluding steroid dienone is 1. The molecule has 0 atom stereocenters. The molecule has 0 unspecified atom stereocenters. The highest BCUT2D eigenvalue weighted by Gasteiger charge is 2.02. The third kappa shape index (κ3) is 7.52. The van der Waals surface area contributed by atoms with Crippen molar-refractivity contribution in [2.75, 3.05) is 0 Å². The minimum Gasteiger partial charge on any atom is -0.126 e. The van der Waals surface area contributed by atoms with E-state index in [0.717, 1.165) is 0 Å². The van der Waals surface area contributed by atoms with Gasteiger partial charge in [-0.05, 0) is 37.8 Å². The standard InChI is InChI=1S/C9H15/c1-8(2)6-7-9(3,4)5/h7H,3H2,1-2,4-5H3.